The van der Waals surface area contributed by atoms with Crippen molar-refractivity contribution < 1.29 is 9.59 Å². The molecule has 0 saturated carbocycles. The number of hydrogen-bond donors (Lipinski definition) is 2. The van der Waals surface area contributed by atoms with Crippen LogP contribution in [0, 0.1) is 0 Å². The molecule has 0 saturated heterocycles. The van der Waals surface area contributed by atoms with Gasteiger partial charge in [0.05, 0.1) is 12.1 Å². The van der Waals surface area contributed by atoms with E-state index in [-0.39, 0.29) is 18.9 Å². The Morgan fingerprint density at radius 2 is 2.36 bits per heavy atom. The van der Waals surface area contributed by atoms with Crippen molar-refractivity contribution in [1.29, 1.82) is 0 Å². The van der Waals surface area contributed by atoms with Gasteiger partial charge in [0.25, 0.3) is 0 Å². The van der Waals surface area contributed by atoms with Gasteiger partial charge in [0.1, 0.15) is 6.54 Å². The highest BCUT2D eigenvalue weighted by Crippen LogP contribution is 1.93. The van der Waals surface area contributed by atoms with Gasteiger partial charge in [0.2, 0.25) is 11.8 Å². The Balaban J connectivity index is 2.59. The Labute approximate surface area is 80.3 Å². The lowest BCUT2D eigenvalue weighted by molar-refractivity contribution is -0.121. The van der Waals surface area contributed by atoms with E-state index in [1.165, 1.54) is 17.9 Å². The number of nitrogens with one attached hydrogen (secondary N) is 1. The van der Waals surface area contributed by atoms with E-state index in [4.69, 9.17) is 5.73 Å². The summed E-state index contributed by atoms with van der Waals surface area (Å²) in [6, 6.07) is 0. The molecule has 0 fully saturated rings. The molecule has 0 spiro atoms. The van der Waals surface area contributed by atoms with Crippen LogP contribution in [-0.2, 0) is 22.6 Å². The SMILES string of the molecule is CNC(=O)Cn1cc(CC(N)=O)nn1. The molecule has 0 unspecified atom stereocenters. The first-order chi connectivity index (χ1) is 6.61. The van der Waals surface area contributed by atoms with Gasteiger partial charge in [-0.2, -0.15) is 0 Å². The molecule has 0 bridgehead atoms. The number of hydrogen-bond acceptors (Lipinski definition) is 4. The summed E-state index contributed by atoms with van der Waals surface area (Å²) >= 11 is 0. The van der Waals surface area contributed by atoms with Gasteiger partial charge in [-0.15, -0.1) is 5.10 Å². The van der Waals surface area contributed by atoms with Crippen molar-refractivity contribution in [3.05, 3.63) is 11.9 Å². The second kappa shape index (κ2) is 4.35. The minimum atomic E-state index is -0.475. The topological polar surface area (TPSA) is 103 Å². The molecule has 7 heteroatoms. The fraction of sp³-hybridized carbons (Fsp3) is 0.429. The highest BCUT2D eigenvalue weighted by molar-refractivity contribution is 5.76. The molecule has 76 valence electrons. The van der Waals surface area contributed by atoms with Gasteiger partial charge in [-0.25, -0.2) is 4.68 Å². The molecule has 3 N–H and O–H groups in total. The maximum Gasteiger partial charge on any atom is 0.241 e. The highest BCUT2D eigenvalue weighted by Gasteiger charge is 2.06. The molecular formula is C7H11N5O2. The molecule has 1 aromatic rings. The summed E-state index contributed by atoms with van der Waals surface area (Å²) in [6.45, 7) is 0.0856. The van der Waals surface area contributed by atoms with Gasteiger partial charge in [0.15, 0.2) is 0 Å². The Hall–Kier alpha value is -1.92. The summed E-state index contributed by atoms with van der Waals surface area (Å²) in [5, 5.41) is 9.78. The van der Waals surface area contributed by atoms with E-state index in [2.05, 4.69) is 15.6 Å². The molecule has 1 rings (SSSR count). The summed E-state index contributed by atoms with van der Waals surface area (Å²) in [5.41, 5.74) is 5.43. The monoisotopic (exact) mass is 197 g/mol. The van der Waals surface area contributed by atoms with Gasteiger partial charge in [-0.1, -0.05) is 5.21 Å². The number of likely N-dealkylation sites (N-methyl/N-ethyl adjacent to an activating group) is 1. The first kappa shape index (κ1) is 10.2. The average molecular weight is 197 g/mol. The van der Waals surface area contributed by atoms with Crippen LogP contribution in [0.2, 0.25) is 0 Å². The van der Waals surface area contributed by atoms with Gasteiger partial charge in [0, 0.05) is 13.2 Å². The molecule has 0 atom stereocenters. The lowest BCUT2D eigenvalue weighted by Crippen LogP contribution is -2.23. The van der Waals surface area contributed by atoms with Crippen molar-refractivity contribution in [2.45, 2.75) is 13.0 Å². The van der Waals surface area contributed by atoms with E-state index in [1.54, 1.807) is 0 Å². The van der Waals surface area contributed by atoms with Gasteiger partial charge < -0.3 is 11.1 Å². The van der Waals surface area contributed by atoms with Crippen molar-refractivity contribution in [3.8, 4) is 0 Å². The fourth-order valence-electron chi connectivity index (χ4n) is 0.902. The predicted molar refractivity (Wildman–Crippen MR) is 47.0 cm³/mol. The van der Waals surface area contributed by atoms with Crippen molar-refractivity contribution in [1.82, 2.24) is 20.3 Å². The molecule has 7 nitrogen and oxygen atoms in total. The third kappa shape index (κ3) is 2.85. The summed E-state index contributed by atoms with van der Waals surface area (Å²) < 4.78 is 1.34. The Bertz CT molecular complexity index is 346. The normalized spacial score (nSPS) is 9.79. The van der Waals surface area contributed by atoms with Crippen molar-refractivity contribution in [2.24, 2.45) is 5.73 Å². The number of aromatic nitrogens is 3. The average Bonchev–Trinajstić information content (AvgIpc) is 2.51. The third-order valence-corrected chi connectivity index (χ3v) is 1.53. The number of rotatable bonds is 4. The number of primary amides is 1. The molecular weight excluding hydrogens is 186 g/mol. The Kier molecular flexibility index (Phi) is 3.16. The summed E-state index contributed by atoms with van der Waals surface area (Å²) in [5.74, 6) is -0.655. The molecule has 0 aliphatic heterocycles. The first-order valence-electron chi connectivity index (χ1n) is 3.99. The minimum absolute atomic E-state index is 0.0355. The lowest BCUT2D eigenvalue weighted by atomic mass is 10.3. The maximum atomic E-state index is 10.9. The van der Waals surface area contributed by atoms with Crippen LogP contribution < -0.4 is 11.1 Å². The Morgan fingerprint density at radius 1 is 1.64 bits per heavy atom. The summed E-state index contributed by atoms with van der Waals surface area (Å²) in [4.78, 5) is 21.4. The van der Waals surface area contributed by atoms with Crippen LogP contribution in [0.4, 0.5) is 0 Å². The predicted octanol–water partition coefficient (Wildman–Crippen LogP) is -1.95. The lowest BCUT2D eigenvalue weighted by Gasteiger charge is -1.96. The van der Waals surface area contributed by atoms with Crippen LogP contribution in [0.5, 0.6) is 0 Å². The van der Waals surface area contributed by atoms with Crippen LogP contribution in [0.3, 0.4) is 0 Å². The first-order valence-corrected chi connectivity index (χ1v) is 3.99. The zero-order chi connectivity index (χ0) is 10.6. The molecule has 2 amide bonds. The van der Waals surface area contributed by atoms with E-state index >= 15 is 0 Å². The third-order valence-electron chi connectivity index (χ3n) is 1.53. The Morgan fingerprint density at radius 3 is 2.93 bits per heavy atom. The van der Waals surface area contributed by atoms with Crippen LogP contribution in [0.1, 0.15) is 5.69 Å². The number of carbonyl (C=O) groups is 2. The van der Waals surface area contributed by atoms with Crippen molar-refractivity contribution in [2.75, 3.05) is 7.05 Å². The zero-order valence-corrected chi connectivity index (χ0v) is 7.73. The van der Waals surface area contributed by atoms with Gasteiger partial charge >= 0.3 is 0 Å². The molecule has 1 heterocycles. The van der Waals surface area contributed by atoms with Gasteiger partial charge in [-0.05, 0) is 0 Å². The van der Waals surface area contributed by atoms with E-state index < -0.39 is 5.91 Å². The summed E-state index contributed by atoms with van der Waals surface area (Å²) in [6.07, 6.45) is 1.55. The van der Waals surface area contributed by atoms with E-state index in [1.807, 2.05) is 0 Å². The summed E-state index contributed by atoms with van der Waals surface area (Å²) in [7, 11) is 1.53. The standard InChI is InChI=1S/C7H11N5O2/c1-9-7(14)4-12-3-5(10-11-12)2-6(8)13/h3H,2,4H2,1H3,(H2,8,13)(H,9,14). The molecule has 0 radical (unpaired) electrons. The van der Waals surface area contributed by atoms with Crippen LogP contribution in [0.25, 0.3) is 0 Å². The molecule has 0 aliphatic carbocycles. The number of nitrogens with two attached hydrogens (primary N) is 1. The van der Waals surface area contributed by atoms with Crippen molar-refractivity contribution in [3.63, 3.8) is 0 Å². The van der Waals surface area contributed by atoms with Crippen LogP contribution in [-0.4, -0.2) is 33.9 Å². The number of amides is 2. The van der Waals surface area contributed by atoms with Crippen molar-refractivity contribution >= 4 is 11.8 Å². The molecule has 0 aromatic carbocycles. The fourth-order valence-corrected chi connectivity index (χ4v) is 0.902. The number of nitrogens with zero attached hydrogens (tertiary/aromatic N) is 3. The van der Waals surface area contributed by atoms with Crippen LogP contribution >= 0.6 is 0 Å². The minimum Gasteiger partial charge on any atom is -0.369 e. The van der Waals surface area contributed by atoms with E-state index in [0.29, 0.717) is 5.69 Å². The van der Waals surface area contributed by atoms with E-state index in [9.17, 15) is 9.59 Å². The maximum absolute atomic E-state index is 10.9. The van der Waals surface area contributed by atoms with Gasteiger partial charge in [-0.3, -0.25) is 9.59 Å². The zero-order valence-electron chi connectivity index (χ0n) is 7.73. The van der Waals surface area contributed by atoms with E-state index in [0.717, 1.165) is 0 Å². The largest absolute Gasteiger partial charge is 0.369 e. The molecule has 1 aromatic heterocycles. The highest BCUT2D eigenvalue weighted by atomic mass is 16.2. The molecule has 0 aliphatic rings. The molecule has 14 heavy (non-hydrogen) atoms. The second-order valence-electron chi connectivity index (χ2n) is 2.72. The number of carbonyl (C=O) groups excluding carboxylic acids is 2. The van der Waals surface area contributed by atoms with Crippen LogP contribution in [0.15, 0.2) is 6.20 Å². The smallest absolute Gasteiger partial charge is 0.241 e. The second-order valence-corrected chi connectivity index (χ2v) is 2.72. The quantitative estimate of drug-likeness (QED) is 0.585.